The Hall–Kier alpha value is -2.35. The zero-order valence-corrected chi connectivity index (χ0v) is 13.9. The van der Waals surface area contributed by atoms with Crippen molar-refractivity contribution in [2.45, 2.75) is 39.3 Å². The van der Waals surface area contributed by atoms with E-state index in [1.807, 2.05) is 24.6 Å². The molecule has 1 aliphatic carbocycles. The van der Waals surface area contributed by atoms with Gasteiger partial charge in [0.1, 0.15) is 5.76 Å². The lowest BCUT2D eigenvalue weighted by molar-refractivity contribution is 0.0913. The van der Waals surface area contributed by atoms with Crippen molar-refractivity contribution in [3.8, 4) is 0 Å². The van der Waals surface area contributed by atoms with Gasteiger partial charge in [-0.3, -0.25) is 20.3 Å². The van der Waals surface area contributed by atoms with Gasteiger partial charge in [-0.1, -0.05) is 0 Å². The van der Waals surface area contributed by atoms with Crippen LogP contribution in [0.4, 0.5) is 0 Å². The van der Waals surface area contributed by atoms with Crippen LogP contribution in [-0.2, 0) is 6.54 Å². The molecule has 8 heteroatoms. The molecule has 1 aliphatic rings. The van der Waals surface area contributed by atoms with E-state index in [0.717, 1.165) is 24.2 Å². The first-order chi connectivity index (χ1) is 11.0. The molecule has 0 bridgehead atoms. The SMILES string of the molecule is Cc1cc(C)n(Cc2ccc(C(=O)NNC(=S)NC3CC3)o2)n1. The molecule has 3 N–H and O–H groups in total. The van der Waals surface area contributed by atoms with Crippen molar-refractivity contribution in [2.75, 3.05) is 0 Å². The van der Waals surface area contributed by atoms with Gasteiger partial charge in [0.15, 0.2) is 10.9 Å². The van der Waals surface area contributed by atoms with E-state index < -0.39 is 0 Å². The number of carbonyl (C=O) groups excluding carboxylic acids is 1. The lowest BCUT2D eigenvalue weighted by Gasteiger charge is -2.09. The number of aryl methyl sites for hydroxylation is 2. The molecular formula is C15H19N5O2S. The van der Waals surface area contributed by atoms with E-state index in [9.17, 15) is 4.79 Å². The van der Waals surface area contributed by atoms with E-state index >= 15 is 0 Å². The number of nitrogens with one attached hydrogen (secondary N) is 3. The Labute approximate surface area is 139 Å². The zero-order chi connectivity index (χ0) is 16.4. The Kier molecular flexibility index (Phi) is 4.33. The first kappa shape index (κ1) is 15.5. The van der Waals surface area contributed by atoms with Crippen molar-refractivity contribution < 1.29 is 9.21 Å². The summed E-state index contributed by atoms with van der Waals surface area (Å²) in [6, 6.07) is 5.83. The monoisotopic (exact) mass is 333 g/mol. The number of carbonyl (C=O) groups is 1. The highest BCUT2D eigenvalue weighted by atomic mass is 32.1. The number of furan rings is 1. The van der Waals surface area contributed by atoms with Crippen molar-refractivity contribution in [2.24, 2.45) is 0 Å². The van der Waals surface area contributed by atoms with Gasteiger partial charge in [0.2, 0.25) is 0 Å². The number of amides is 1. The minimum atomic E-state index is -0.371. The number of rotatable bonds is 4. The molecule has 0 atom stereocenters. The Morgan fingerprint density at radius 3 is 2.83 bits per heavy atom. The fraction of sp³-hybridized carbons (Fsp3) is 0.400. The van der Waals surface area contributed by atoms with Crippen LogP contribution in [0.5, 0.6) is 0 Å². The first-order valence-corrected chi connectivity index (χ1v) is 7.88. The van der Waals surface area contributed by atoms with Gasteiger partial charge in [0, 0.05) is 11.7 Å². The van der Waals surface area contributed by atoms with E-state index in [-0.39, 0.29) is 11.7 Å². The lowest BCUT2D eigenvalue weighted by Crippen LogP contribution is -2.47. The molecular weight excluding hydrogens is 314 g/mol. The molecule has 7 nitrogen and oxygen atoms in total. The molecule has 1 fully saturated rings. The number of hydrazine groups is 1. The number of thiocarbonyl (C=S) groups is 1. The molecule has 3 rings (SSSR count). The van der Waals surface area contributed by atoms with Crippen LogP contribution >= 0.6 is 12.2 Å². The third-order valence-corrected chi connectivity index (χ3v) is 3.72. The van der Waals surface area contributed by atoms with E-state index in [4.69, 9.17) is 16.6 Å². The molecule has 1 saturated carbocycles. The standard InChI is InChI=1S/C15H19N5O2S/c1-9-7-10(2)20(19-9)8-12-5-6-13(22-12)14(21)17-18-15(23)16-11-3-4-11/h5-7,11H,3-4,8H2,1-2H3,(H,17,21)(H2,16,18,23). The molecule has 0 radical (unpaired) electrons. The van der Waals surface area contributed by atoms with E-state index in [0.29, 0.717) is 23.5 Å². The predicted molar refractivity (Wildman–Crippen MR) is 88.9 cm³/mol. The van der Waals surface area contributed by atoms with Crippen LogP contribution in [0.2, 0.25) is 0 Å². The minimum absolute atomic E-state index is 0.225. The van der Waals surface area contributed by atoms with Crippen molar-refractivity contribution in [3.63, 3.8) is 0 Å². The number of aromatic nitrogens is 2. The van der Waals surface area contributed by atoms with Crippen LogP contribution in [0, 0.1) is 13.8 Å². The summed E-state index contributed by atoms with van der Waals surface area (Å²) in [6.07, 6.45) is 2.23. The molecule has 23 heavy (non-hydrogen) atoms. The number of hydrogen-bond donors (Lipinski definition) is 3. The summed E-state index contributed by atoms with van der Waals surface area (Å²) in [5, 5.41) is 7.85. The molecule has 0 aromatic carbocycles. The fourth-order valence-electron chi connectivity index (χ4n) is 2.19. The van der Waals surface area contributed by atoms with Gasteiger partial charge in [-0.2, -0.15) is 5.10 Å². The normalized spacial score (nSPS) is 13.7. The topological polar surface area (TPSA) is 84.1 Å². The summed E-state index contributed by atoms with van der Waals surface area (Å²) in [6.45, 7) is 4.41. The lowest BCUT2D eigenvalue weighted by atomic mass is 10.4. The molecule has 2 heterocycles. The molecule has 0 unspecified atom stereocenters. The van der Waals surface area contributed by atoms with Gasteiger partial charge in [0.25, 0.3) is 0 Å². The van der Waals surface area contributed by atoms with Crippen molar-refractivity contribution in [1.82, 2.24) is 25.9 Å². The van der Waals surface area contributed by atoms with Crippen LogP contribution in [0.25, 0.3) is 0 Å². The highest BCUT2D eigenvalue weighted by Crippen LogP contribution is 2.18. The maximum atomic E-state index is 12.0. The average molecular weight is 333 g/mol. The first-order valence-electron chi connectivity index (χ1n) is 7.48. The zero-order valence-electron chi connectivity index (χ0n) is 13.0. The highest BCUT2D eigenvalue weighted by molar-refractivity contribution is 7.80. The Morgan fingerprint density at radius 1 is 1.39 bits per heavy atom. The maximum Gasteiger partial charge on any atom is 0.305 e. The van der Waals surface area contributed by atoms with Crippen LogP contribution in [0.3, 0.4) is 0 Å². The molecule has 122 valence electrons. The predicted octanol–water partition coefficient (Wildman–Crippen LogP) is 1.41. The summed E-state index contributed by atoms with van der Waals surface area (Å²) in [4.78, 5) is 12.0. The summed E-state index contributed by atoms with van der Waals surface area (Å²) in [7, 11) is 0. The van der Waals surface area contributed by atoms with Crippen LogP contribution in [0.1, 0.15) is 40.5 Å². The average Bonchev–Trinajstić information content (AvgIpc) is 3.08. The smallest absolute Gasteiger partial charge is 0.305 e. The molecule has 0 spiro atoms. The van der Waals surface area contributed by atoms with Crippen LogP contribution < -0.4 is 16.2 Å². The summed E-state index contributed by atoms with van der Waals surface area (Å²) in [5.41, 5.74) is 7.18. The van der Waals surface area contributed by atoms with E-state index in [1.165, 1.54) is 0 Å². The summed E-state index contributed by atoms with van der Waals surface area (Å²) >= 11 is 5.07. The van der Waals surface area contributed by atoms with Crippen molar-refractivity contribution in [3.05, 3.63) is 41.1 Å². The molecule has 2 aromatic heterocycles. The number of hydrogen-bond acceptors (Lipinski definition) is 4. The Morgan fingerprint density at radius 2 is 2.17 bits per heavy atom. The molecule has 2 aromatic rings. The van der Waals surface area contributed by atoms with Gasteiger partial charge < -0.3 is 9.73 Å². The highest BCUT2D eigenvalue weighted by Gasteiger charge is 2.22. The third kappa shape index (κ3) is 4.10. The third-order valence-electron chi connectivity index (χ3n) is 3.50. The van der Waals surface area contributed by atoms with E-state index in [2.05, 4.69) is 21.3 Å². The van der Waals surface area contributed by atoms with Crippen molar-refractivity contribution >= 4 is 23.2 Å². The Bertz CT molecular complexity index is 732. The number of nitrogens with zero attached hydrogens (tertiary/aromatic N) is 2. The summed E-state index contributed by atoms with van der Waals surface area (Å²) < 4.78 is 7.40. The second-order valence-electron chi connectivity index (χ2n) is 5.68. The van der Waals surface area contributed by atoms with Gasteiger partial charge >= 0.3 is 5.91 Å². The van der Waals surface area contributed by atoms with Gasteiger partial charge in [-0.05, 0) is 57.1 Å². The quantitative estimate of drug-likeness (QED) is 0.580. The van der Waals surface area contributed by atoms with Crippen LogP contribution in [0.15, 0.2) is 22.6 Å². The summed E-state index contributed by atoms with van der Waals surface area (Å²) in [5.74, 6) is 0.521. The maximum absolute atomic E-state index is 12.0. The fourth-order valence-corrected chi connectivity index (χ4v) is 2.41. The van der Waals surface area contributed by atoms with Crippen LogP contribution in [-0.4, -0.2) is 26.8 Å². The molecule has 0 saturated heterocycles. The van der Waals surface area contributed by atoms with Crippen molar-refractivity contribution in [1.29, 1.82) is 0 Å². The second kappa shape index (κ2) is 6.41. The van der Waals surface area contributed by atoms with Gasteiger partial charge in [0.05, 0.1) is 12.2 Å². The Balaban J connectivity index is 1.54. The minimum Gasteiger partial charge on any atom is -0.454 e. The van der Waals surface area contributed by atoms with Gasteiger partial charge in [-0.25, -0.2) is 0 Å². The van der Waals surface area contributed by atoms with Gasteiger partial charge in [-0.15, -0.1) is 0 Å². The largest absolute Gasteiger partial charge is 0.454 e. The second-order valence-corrected chi connectivity index (χ2v) is 6.09. The molecule has 1 amide bonds. The van der Waals surface area contributed by atoms with E-state index in [1.54, 1.807) is 12.1 Å². The molecule has 0 aliphatic heterocycles.